The van der Waals surface area contributed by atoms with Crippen molar-refractivity contribution in [3.8, 4) is 5.75 Å². The first-order valence-corrected chi connectivity index (χ1v) is 14.5. The van der Waals surface area contributed by atoms with Crippen LogP contribution in [0.3, 0.4) is 0 Å². The number of ether oxygens (including phenoxy) is 1. The molecule has 4 aromatic rings. The largest absolute Gasteiger partial charge is 0.483 e. The Hall–Kier alpha value is -4.86. The quantitative estimate of drug-likeness (QED) is 0.114. The van der Waals surface area contributed by atoms with Crippen molar-refractivity contribution < 1.29 is 18.7 Å². The summed E-state index contributed by atoms with van der Waals surface area (Å²) in [5.41, 5.74) is 3.34. The lowest BCUT2D eigenvalue weighted by Crippen LogP contribution is -2.28. The van der Waals surface area contributed by atoms with Gasteiger partial charge in [-0.1, -0.05) is 65.7 Å². The predicted molar refractivity (Wildman–Crippen MR) is 173 cm³/mol. The maximum absolute atomic E-state index is 13.5. The SMILES string of the molecule is Cc1ccc(NC(=O)COc2ccc(Cl)cc2/C=C2\S/C(=N/N=C\C=C\c3ccccc3)N(Cc3ccco3)C2=O)cc1. The number of aryl methyl sites for hydroxylation is 1. The van der Waals surface area contributed by atoms with E-state index in [1.165, 1.54) is 16.7 Å². The van der Waals surface area contributed by atoms with Gasteiger partial charge in [0.1, 0.15) is 11.5 Å². The van der Waals surface area contributed by atoms with Crippen LogP contribution >= 0.6 is 23.4 Å². The van der Waals surface area contributed by atoms with Crippen LogP contribution < -0.4 is 10.1 Å². The van der Waals surface area contributed by atoms with E-state index in [1.807, 2.05) is 67.6 Å². The highest BCUT2D eigenvalue weighted by Crippen LogP contribution is 2.36. The summed E-state index contributed by atoms with van der Waals surface area (Å²) in [6.07, 6.45) is 8.46. The average Bonchev–Trinajstić information content (AvgIpc) is 3.62. The molecule has 1 fully saturated rings. The lowest BCUT2D eigenvalue weighted by molar-refractivity contribution is -0.122. The Morgan fingerprint density at radius 2 is 1.88 bits per heavy atom. The maximum atomic E-state index is 13.5. The Labute approximate surface area is 258 Å². The summed E-state index contributed by atoms with van der Waals surface area (Å²) in [6.45, 7) is 1.93. The van der Waals surface area contributed by atoms with Crippen LogP contribution in [0, 0.1) is 6.92 Å². The van der Waals surface area contributed by atoms with Crippen LogP contribution in [-0.2, 0) is 16.1 Å². The molecule has 0 spiro atoms. The van der Waals surface area contributed by atoms with Crippen molar-refractivity contribution in [3.05, 3.63) is 130 Å². The molecule has 2 amide bonds. The second-order valence-corrected chi connectivity index (χ2v) is 10.8. The van der Waals surface area contributed by atoms with Gasteiger partial charge in [0.05, 0.1) is 17.7 Å². The monoisotopic (exact) mass is 610 g/mol. The lowest BCUT2D eigenvalue weighted by Gasteiger charge is -2.12. The van der Waals surface area contributed by atoms with Gasteiger partial charge in [-0.25, -0.2) is 0 Å². The van der Waals surface area contributed by atoms with Crippen molar-refractivity contribution in [1.29, 1.82) is 0 Å². The van der Waals surface area contributed by atoms with Gasteiger partial charge in [-0.15, -0.1) is 5.10 Å². The molecular formula is C33H27ClN4O4S. The average molecular weight is 611 g/mol. The number of thioether (sulfide) groups is 1. The molecule has 0 radical (unpaired) electrons. The summed E-state index contributed by atoms with van der Waals surface area (Å²) >= 11 is 7.46. The number of nitrogens with one attached hydrogen (secondary N) is 1. The van der Waals surface area contributed by atoms with Crippen LogP contribution in [-0.4, -0.2) is 34.7 Å². The van der Waals surface area contributed by atoms with E-state index in [-0.39, 0.29) is 25.0 Å². The fourth-order valence-electron chi connectivity index (χ4n) is 4.00. The highest BCUT2D eigenvalue weighted by molar-refractivity contribution is 8.18. The number of hydrogen-bond acceptors (Lipinski definition) is 7. The molecule has 10 heteroatoms. The van der Waals surface area contributed by atoms with Crippen molar-refractivity contribution in [3.63, 3.8) is 0 Å². The molecule has 1 N–H and O–H groups in total. The Morgan fingerprint density at radius 1 is 1.07 bits per heavy atom. The molecular weight excluding hydrogens is 584 g/mol. The molecule has 1 aliphatic rings. The van der Waals surface area contributed by atoms with Crippen LogP contribution in [0.2, 0.25) is 5.02 Å². The fourth-order valence-corrected chi connectivity index (χ4v) is 5.11. The summed E-state index contributed by atoms with van der Waals surface area (Å²) in [5.74, 6) is 0.402. The van der Waals surface area contributed by atoms with Gasteiger partial charge in [-0.2, -0.15) is 5.10 Å². The Kier molecular flexibility index (Phi) is 9.89. The minimum absolute atomic E-state index is 0.183. The zero-order valence-electron chi connectivity index (χ0n) is 23.1. The first-order valence-electron chi connectivity index (χ1n) is 13.3. The van der Waals surface area contributed by atoms with E-state index in [0.717, 1.165) is 11.1 Å². The van der Waals surface area contributed by atoms with Gasteiger partial charge in [0.15, 0.2) is 11.8 Å². The van der Waals surface area contributed by atoms with Crippen LogP contribution in [0.25, 0.3) is 12.2 Å². The van der Waals surface area contributed by atoms with Gasteiger partial charge in [0.25, 0.3) is 11.8 Å². The molecule has 2 heterocycles. The summed E-state index contributed by atoms with van der Waals surface area (Å²) < 4.78 is 11.3. The van der Waals surface area contributed by atoms with Gasteiger partial charge < -0.3 is 14.5 Å². The van der Waals surface area contributed by atoms with Gasteiger partial charge in [-0.3, -0.25) is 14.5 Å². The van der Waals surface area contributed by atoms with E-state index in [4.69, 9.17) is 20.8 Å². The number of rotatable bonds is 10. The fraction of sp³-hybridized carbons (Fsp3) is 0.0909. The molecule has 8 nitrogen and oxygen atoms in total. The van der Waals surface area contributed by atoms with E-state index < -0.39 is 0 Å². The molecule has 43 heavy (non-hydrogen) atoms. The Balaban J connectivity index is 1.33. The number of carbonyl (C=O) groups excluding carboxylic acids is 2. The number of halogens is 1. The second-order valence-electron chi connectivity index (χ2n) is 9.38. The van der Waals surface area contributed by atoms with Crippen molar-refractivity contribution in [2.75, 3.05) is 11.9 Å². The van der Waals surface area contributed by atoms with Crippen molar-refractivity contribution in [1.82, 2.24) is 4.90 Å². The number of carbonyl (C=O) groups is 2. The molecule has 216 valence electrons. The third-order valence-corrected chi connectivity index (χ3v) is 7.35. The molecule has 0 saturated carbocycles. The zero-order valence-corrected chi connectivity index (χ0v) is 24.7. The third kappa shape index (κ3) is 8.34. The van der Waals surface area contributed by atoms with Crippen molar-refractivity contribution in [2.24, 2.45) is 10.2 Å². The second kappa shape index (κ2) is 14.4. The highest BCUT2D eigenvalue weighted by Gasteiger charge is 2.34. The van der Waals surface area contributed by atoms with Gasteiger partial charge in [0.2, 0.25) is 0 Å². The third-order valence-electron chi connectivity index (χ3n) is 6.12. The van der Waals surface area contributed by atoms with Crippen molar-refractivity contribution in [2.45, 2.75) is 13.5 Å². The molecule has 1 saturated heterocycles. The minimum atomic E-state index is -0.318. The number of anilines is 1. The van der Waals surface area contributed by atoms with Crippen LogP contribution in [0.1, 0.15) is 22.5 Å². The van der Waals surface area contributed by atoms with E-state index in [1.54, 1.807) is 55.0 Å². The first-order chi connectivity index (χ1) is 20.9. The number of hydrogen-bond donors (Lipinski definition) is 1. The number of allylic oxidation sites excluding steroid dienone is 1. The number of nitrogens with zero attached hydrogens (tertiary/aromatic N) is 3. The lowest BCUT2D eigenvalue weighted by atomic mass is 10.2. The molecule has 5 rings (SSSR count). The smallest absolute Gasteiger partial charge is 0.267 e. The standard InChI is InChI=1S/C33H27ClN4O4S/c1-23-11-14-27(15-12-23)36-31(39)22-42-29-16-13-26(34)19-25(29)20-30-32(40)38(21-28-10-6-18-41-28)33(43-30)37-35-17-5-9-24-7-3-2-4-8-24/h2-20H,21-22H2,1H3,(H,36,39)/b9-5+,30-20-,35-17-,37-33+. The van der Waals surface area contributed by atoms with Crippen LogP contribution in [0.15, 0.2) is 117 Å². The molecule has 1 aliphatic heterocycles. The number of benzene rings is 3. The molecule has 0 aliphatic carbocycles. The van der Waals surface area contributed by atoms with Crippen molar-refractivity contribution >= 4 is 64.4 Å². The maximum Gasteiger partial charge on any atom is 0.267 e. The molecule has 1 aromatic heterocycles. The normalized spacial score (nSPS) is 15.3. The van der Waals surface area contributed by atoms with Crippen LogP contribution in [0.4, 0.5) is 5.69 Å². The topological polar surface area (TPSA) is 96.5 Å². The van der Waals surface area contributed by atoms with E-state index in [2.05, 4.69) is 15.5 Å². The first kappa shape index (κ1) is 29.6. The Bertz CT molecular complexity index is 1700. The van der Waals surface area contributed by atoms with E-state index in [9.17, 15) is 9.59 Å². The van der Waals surface area contributed by atoms with Gasteiger partial charge in [0, 0.05) is 22.5 Å². The number of furan rings is 1. The van der Waals surface area contributed by atoms with E-state index in [0.29, 0.717) is 37.9 Å². The molecule has 0 unspecified atom stereocenters. The molecule has 0 atom stereocenters. The summed E-state index contributed by atoms with van der Waals surface area (Å²) in [4.78, 5) is 27.9. The van der Waals surface area contributed by atoms with Gasteiger partial charge >= 0.3 is 0 Å². The van der Waals surface area contributed by atoms with Crippen LogP contribution in [0.5, 0.6) is 5.75 Å². The van der Waals surface area contributed by atoms with E-state index >= 15 is 0 Å². The molecule has 3 aromatic carbocycles. The van der Waals surface area contributed by atoms with Gasteiger partial charge in [-0.05, 0) is 78.9 Å². The number of amidine groups is 1. The molecule has 0 bridgehead atoms. The number of amides is 2. The minimum Gasteiger partial charge on any atom is -0.483 e. The summed E-state index contributed by atoms with van der Waals surface area (Å²) in [5, 5.41) is 12.1. The Morgan fingerprint density at radius 3 is 2.65 bits per heavy atom. The predicted octanol–water partition coefficient (Wildman–Crippen LogP) is 7.43. The zero-order chi connectivity index (χ0) is 30.0. The summed E-state index contributed by atoms with van der Waals surface area (Å²) in [6, 6.07) is 25.8. The summed E-state index contributed by atoms with van der Waals surface area (Å²) in [7, 11) is 0. The highest BCUT2D eigenvalue weighted by atomic mass is 35.5.